The van der Waals surface area contributed by atoms with Gasteiger partial charge in [-0.1, -0.05) is 56.3 Å². The van der Waals surface area contributed by atoms with Gasteiger partial charge in [-0.2, -0.15) is 0 Å². The van der Waals surface area contributed by atoms with Crippen molar-refractivity contribution in [2.75, 3.05) is 0 Å². The Kier molecular flexibility index (Phi) is 3.19. The number of carbonyl (C=O) groups is 1. The Morgan fingerprint density at radius 3 is 2.42 bits per heavy atom. The van der Waals surface area contributed by atoms with Crippen LogP contribution in [0.2, 0.25) is 0 Å². The van der Waals surface area contributed by atoms with Crippen LogP contribution in [0, 0.1) is 10.8 Å². The van der Waals surface area contributed by atoms with Crippen molar-refractivity contribution in [3.05, 3.63) is 59.2 Å². The molecule has 0 amide bonds. The number of hydrogen-bond donors (Lipinski definition) is 0. The van der Waals surface area contributed by atoms with Crippen LogP contribution in [0.1, 0.15) is 56.9 Å². The maximum absolute atomic E-state index is 12.5. The molecule has 1 fully saturated rings. The minimum atomic E-state index is -0.325. The highest BCUT2D eigenvalue weighted by molar-refractivity contribution is 5.81. The lowest BCUT2D eigenvalue weighted by Crippen LogP contribution is -2.22. The monoisotopic (exact) mass is 320 g/mol. The Labute approximate surface area is 143 Å². The quantitative estimate of drug-likeness (QED) is 0.612. The summed E-state index contributed by atoms with van der Waals surface area (Å²) in [5, 5.41) is 0. The Bertz CT molecular complexity index is 834. The Balaban J connectivity index is 1.54. The number of fused-ring (bicyclic) bond motifs is 3. The van der Waals surface area contributed by atoms with Crippen LogP contribution >= 0.6 is 0 Å². The smallest absolute Gasteiger partial charge is 0.312 e. The molecule has 0 radical (unpaired) electrons. The molecule has 0 N–H and O–H groups in total. The van der Waals surface area contributed by atoms with Crippen molar-refractivity contribution >= 4 is 5.97 Å². The average Bonchev–Trinajstić information content (AvgIpc) is 2.91. The topological polar surface area (TPSA) is 26.3 Å². The van der Waals surface area contributed by atoms with Crippen LogP contribution < -0.4 is 0 Å². The highest BCUT2D eigenvalue weighted by Crippen LogP contribution is 2.64. The molecule has 0 spiro atoms. The molecule has 0 aliphatic heterocycles. The summed E-state index contributed by atoms with van der Waals surface area (Å²) in [6, 6.07) is 15.0. The van der Waals surface area contributed by atoms with E-state index in [4.69, 9.17) is 4.74 Å². The second-order valence-electron chi connectivity index (χ2n) is 8.19. The molecule has 2 aromatic rings. The molecule has 0 heterocycles. The standard InChI is InChI=1S/C22H24O2/c1-14(24-20(23)22(4)13-21(22,2)3)15-9-10-19-17(11-15)12-16-7-5-6-8-18(16)19/h5-11,14H,12-13H2,1-4H3. The molecule has 0 bridgehead atoms. The van der Waals surface area contributed by atoms with Gasteiger partial charge in [-0.25, -0.2) is 0 Å². The number of rotatable bonds is 3. The lowest BCUT2D eigenvalue weighted by atomic mass is 9.98. The summed E-state index contributed by atoms with van der Waals surface area (Å²) in [5.74, 6) is -0.0659. The summed E-state index contributed by atoms with van der Waals surface area (Å²) in [4.78, 5) is 12.5. The van der Waals surface area contributed by atoms with Gasteiger partial charge in [0.2, 0.25) is 0 Å². The van der Waals surface area contributed by atoms with Crippen molar-refractivity contribution in [2.24, 2.45) is 10.8 Å². The fourth-order valence-electron chi connectivity index (χ4n) is 3.96. The third-order valence-corrected chi connectivity index (χ3v) is 6.19. The Morgan fingerprint density at radius 1 is 1.04 bits per heavy atom. The van der Waals surface area contributed by atoms with Crippen molar-refractivity contribution in [1.29, 1.82) is 0 Å². The molecule has 24 heavy (non-hydrogen) atoms. The van der Waals surface area contributed by atoms with Crippen molar-refractivity contribution in [3.63, 3.8) is 0 Å². The molecule has 1 saturated carbocycles. The van der Waals surface area contributed by atoms with Crippen LogP contribution in [0.3, 0.4) is 0 Å². The summed E-state index contributed by atoms with van der Waals surface area (Å²) >= 11 is 0. The van der Waals surface area contributed by atoms with Crippen molar-refractivity contribution in [1.82, 2.24) is 0 Å². The third-order valence-electron chi connectivity index (χ3n) is 6.19. The lowest BCUT2D eigenvalue weighted by Gasteiger charge is -2.19. The average molecular weight is 320 g/mol. The van der Waals surface area contributed by atoms with Crippen LogP contribution in [0.25, 0.3) is 11.1 Å². The van der Waals surface area contributed by atoms with Gasteiger partial charge >= 0.3 is 5.97 Å². The van der Waals surface area contributed by atoms with Crippen LogP contribution in [0.5, 0.6) is 0 Å². The molecule has 2 nitrogen and oxygen atoms in total. The molecule has 2 atom stereocenters. The molecule has 0 saturated heterocycles. The van der Waals surface area contributed by atoms with Gasteiger partial charge in [0.15, 0.2) is 0 Å². The van der Waals surface area contributed by atoms with Crippen LogP contribution in [0.4, 0.5) is 0 Å². The maximum atomic E-state index is 12.5. The van der Waals surface area contributed by atoms with E-state index in [9.17, 15) is 4.79 Å². The van der Waals surface area contributed by atoms with E-state index in [0.29, 0.717) is 0 Å². The second kappa shape index (κ2) is 4.95. The SMILES string of the molecule is CC(OC(=O)C1(C)CC1(C)C)c1ccc2c(c1)Cc1ccccc1-2. The number of benzene rings is 2. The molecule has 2 heteroatoms. The van der Waals surface area contributed by atoms with Gasteiger partial charge in [-0.05, 0) is 59.9 Å². The first-order chi connectivity index (χ1) is 11.3. The largest absolute Gasteiger partial charge is 0.457 e. The second-order valence-corrected chi connectivity index (χ2v) is 8.19. The van der Waals surface area contributed by atoms with Crippen molar-refractivity contribution < 1.29 is 9.53 Å². The lowest BCUT2D eigenvalue weighted by molar-refractivity contribution is -0.156. The summed E-state index contributed by atoms with van der Waals surface area (Å²) in [6.07, 6.45) is 1.66. The molecule has 2 aliphatic carbocycles. The number of ether oxygens (including phenoxy) is 1. The fraction of sp³-hybridized carbons (Fsp3) is 0.409. The van der Waals surface area contributed by atoms with Gasteiger partial charge < -0.3 is 4.74 Å². The van der Waals surface area contributed by atoms with Gasteiger partial charge in [0.05, 0.1) is 5.41 Å². The molecular weight excluding hydrogens is 296 g/mol. The van der Waals surface area contributed by atoms with Gasteiger partial charge in [0.1, 0.15) is 6.10 Å². The zero-order valence-electron chi connectivity index (χ0n) is 14.8. The predicted octanol–water partition coefficient (Wildman–Crippen LogP) is 5.30. The maximum Gasteiger partial charge on any atom is 0.312 e. The highest BCUT2D eigenvalue weighted by atomic mass is 16.5. The normalized spacial score (nSPS) is 24.0. The van der Waals surface area contributed by atoms with Gasteiger partial charge in [-0.15, -0.1) is 0 Å². The molecule has 0 aromatic heterocycles. The summed E-state index contributed by atoms with van der Waals surface area (Å²) in [6.45, 7) is 8.25. The van der Waals surface area contributed by atoms with Crippen LogP contribution in [-0.4, -0.2) is 5.97 Å². The number of carbonyl (C=O) groups excluding carboxylic acids is 1. The summed E-state index contributed by atoms with van der Waals surface area (Å²) in [5.41, 5.74) is 6.16. The van der Waals surface area contributed by atoms with Crippen molar-refractivity contribution in [2.45, 2.75) is 46.6 Å². The zero-order chi connectivity index (χ0) is 17.1. The molecule has 124 valence electrons. The minimum absolute atomic E-state index is 0.0589. The summed E-state index contributed by atoms with van der Waals surface area (Å²) < 4.78 is 5.80. The first-order valence-corrected chi connectivity index (χ1v) is 8.74. The predicted molar refractivity (Wildman–Crippen MR) is 95.7 cm³/mol. The van der Waals surface area contributed by atoms with E-state index >= 15 is 0 Å². The molecular formula is C22H24O2. The number of esters is 1. The number of hydrogen-bond acceptors (Lipinski definition) is 2. The van der Waals surface area contributed by atoms with E-state index in [2.05, 4.69) is 56.3 Å². The van der Waals surface area contributed by atoms with E-state index in [0.717, 1.165) is 18.4 Å². The van der Waals surface area contributed by atoms with E-state index < -0.39 is 0 Å². The molecule has 2 aliphatic rings. The molecule has 4 rings (SSSR count). The molecule has 2 unspecified atom stereocenters. The summed E-state index contributed by atoms with van der Waals surface area (Å²) in [7, 11) is 0. The first kappa shape index (κ1) is 15.4. The van der Waals surface area contributed by atoms with Crippen LogP contribution in [-0.2, 0) is 16.0 Å². The third kappa shape index (κ3) is 2.20. The van der Waals surface area contributed by atoms with Crippen LogP contribution in [0.15, 0.2) is 42.5 Å². The zero-order valence-corrected chi connectivity index (χ0v) is 14.8. The van der Waals surface area contributed by atoms with E-state index in [-0.39, 0.29) is 22.9 Å². The van der Waals surface area contributed by atoms with E-state index in [1.807, 2.05) is 13.8 Å². The first-order valence-electron chi connectivity index (χ1n) is 8.74. The fourth-order valence-corrected chi connectivity index (χ4v) is 3.96. The van der Waals surface area contributed by atoms with Gasteiger partial charge in [-0.3, -0.25) is 4.79 Å². The molecule has 2 aromatic carbocycles. The minimum Gasteiger partial charge on any atom is -0.457 e. The van der Waals surface area contributed by atoms with Gasteiger partial charge in [0, 0.05) is 0 Å². The Morgan fingerprint density at radius 2 is 1.71 bits per heavy atom. The highest BCUT2D eigenvalue weighted by Gasteiger charge is 2.64. The van der Waals surface area contributed by atoms with E-state index in [1.165, 1.54) is 22.3 Å². The Hall–Kier alpha value is -2.09. The van der Waals surface area contributed by atoms with Crippen molar-refractivity contribution in [3.8, 4) is 11.1 Å². The van der Waals surface area contributed by atoms with Gasteiger partial charge in [0.25, 0.3) is 0 Å². The van der Waals surface area contributed by atoms with E-state index in [1.54, 1.807) is 0 Å².